The van der Waals surface area contributed by atoms with Crippen LogP contribution in [0.2, 0.25) is 0 Å². The third-order valence-electron chi connectivity index (χ3n) is 1.29. The van der Waals surface area contributed by atoms with E-state index >= 15 is 0 Å². The highest BCUT2D eigenvalue weighted by molar-refractivity contribution is 5.77. The SMILES string of the molecule is C/C=C(\C)OCC(=O)NC(C)C. The van der Waals surface area contributed by atoms with Crippen LogP contribution in [0.3, 0.4) is 0 Å². The molecule has 0 fully saturated rings. The normalized spacial score (nSPS) is 11.6. The molecule has 0 aromatic rings. The Morgan fingerprint density at radius 1 is 1.58 bits per heavy atom. The van der Waals surface area contributed by atoms with E-state index in [1.807, 2.05) is 33.8 Å². The lowest BCUT2D eigenvalue weighted by molar-refractivity contribution is -0.124. The number of hydrogen-bond acceptors (Lipinski definition) is 2. The van der Waals surface area contributed by atoms with Crippen molar-refractivity contribution in [2.75, 3.05) is 6.61 Å². The maximum absolute atomic E-state index is 11.0. The van der Waals surface area contributed by atoms with E-state index in [2.05, 4.69) is 5.32 Å². The molecule has 1 N–H and O–H groups in total. The topological polar surface area (TPSA) is 38.3 Å². The van der Waals surface area contributed by atoms with Crippen LogP contribution in [0.1, 0.15) is 27.7 Å². The number of rotatable bonds is 4. The Labute approximate surface area is 73.8 Å². The van der Waals surface area contributed by atoms with Gasteiger partial charge in [-0.1, -0.05) is 0 Å². The van der Waals surface area contributed by atoms with Gasteiger partial charge in [-0.05, 0) is 33.8 Å². The molecule has 0 aliphatic rings. The molecule has 0 aromatic heterocycles. The first-order valence-corrected chi connectivity index (χ1v) is 4.11. The summed E-state index contributed by atoms with van der Waals surface area (Å²) in [6.07, 6.45) is 1.82. The van der Waals surface area contributed by atoms with Gasteiger partial charge in [0.25, 0.3) is 5.91 Å². The quantitative estimate of drug-likeness (QED) is 0.650. The molecular weight excluding hydrogens is 154 g/mol. The van der Waals surface area contributed by atoms with Crippen LogP contribution in [0.5, 0.6) is 0 Å². The molecule has 0 aliphatic carbocycles. The summed E-state index contributed by atoms with van der Waals surface area (Å²) in [4.78, 5) is 11.0. The molecule has 0 radical (unpaired) electrons. The Balaban J connectivity index is 3.58. The Morgan fingerprint density at radius 2 is 2.17 bits per heavy atom. The van der Waals surface area contributed by atoms with Gasteiger partial charge in [-0.15, -0.1) is 0 Å². The first kappa shape index (κ1) is 11.0. The van der Waals surface area contributed by atoms with Crippen LogP contribution in [-0.2, 0) is 9.53 Å². The van der Waals surface area contributed by atoms with Crippen LogP contribution in [0.15, 0.2) is 11.8 Å². The van der Waals surface area contributed by atoms with E-state index in [0.717, 1.165) is 5.76 Å². The number of amides is 1. The summed E-state index contributed by atoms with van der Waals surface area (Å²) in [6.45, 7) is 7.63. The van der Waals surface area contributed by atoms with Crippen molar-refractivity contribution in [2.24, 2.45) is 0 Å². The second kappa shape index (κ2) is 5.63. The van der Waals surface area contributed by atoms with Gasteiger partial charge in [0, 0.05) is 6.04 Å². The van der Waals surface area contributed by atoms with Gasteiger partial charge in [-0.2, -0.15) is 0 Å². The average Bonchev–Trinajstić information content (AvgIpc) is 1.99. The molecule has 12 heavy (non-hydrogen) atoms. The lowest BCUT2D eigenvalue weighted by atomic mass is 10.4. The van der Waals surface area contributed by atoms with E-state index in [0.29, 0.717) is 0 Å². The fourth-order valence-corrected chi connectivity index (χ4v) is 0.626. The van der Waals surface area contributed by atoms with Gasteiger partial charge < -0.3 is 10.1 Å². The maximum atomic E-state index is 11.0. The molecule has 0 saturated heterocycles. The minimum absolute atomic E-state index is 0.0776. The van der Waals surface area contributed by atoms with Gasteiger partial charge in [0.1, 0.15) is 0 Å². The fraction of sp³-hybridized carbons (Fsp3) is 0.667. The number of allylic oxidation sites excluding steroid dienone is 2. The van der Waals surface area contributed by atoms with Gasteiger partial charge in [0.15, 0.2) is 6.61 Å². The highest BCUT2D eigenvalue weighted by atomic mass is 16.5. The second-order valence-electron chi connectivity index (χ2n) is 2.91. The van der Waals surface area contributed by atoms with Crippen molar-refractivity contribution >= 4 is 5.91 Å². The fourth-order valence-electron chi connectivity index (χ4n) is 0.626. The average molecular weight is 171 g/mol. The van der Waals surface area contributed by atoms with Crippen molar-refractivity contribution in [3.05, 3.63) is 11.8 Å². The first-order chi connectivity index (χ1) is 5.56. The molecule has 0 atom stereocenters. The molecule has 0 aliphatic heterocycles. The molecule has 0 spiro atoms. The van der Waals surface area contributed by atoms with Gasteiger partial charge in [-0.25, -0.2) is 0 Å². The summed E-state index contributed by atoms with van der Waals surface area (Å²) < 4.78 is 5.10. The second-order valence-corrected chi connectivity index (χ2v) is 2.91. The molecule has 0 unspecified atom stereocenters. The summed E-state index contributed by atoms with van der Waals surface area (Å²) in [5.41, 5.74) is 0. The third kappa shape index (κ3) is 5.77. The number of carbonyl (C=O) groups is 1. The zero-order chi connectivity index (χ0) is 9.56. The lowest BCUT2D eigenvalue weighted by Gasteiger charge is -2.09. The van der Waals surface area contributed by atoms with Crippen molar-refractivity contribution in [2.45, 2.75) is 33.7 Å². The van der Waals surface area contributed by atoms with Gasteiger partial charge in [-0.3, -0.25) is 4.79 Å². The summed E-state index contributed by atoms with van der Waals surface area (Å²) >= 11 is 0. The van der Waals surface area contributed by atoms with Crippen molar-refractivity contribution < 1.29 is 9.53 Å². The van der Waals surface area contributed by atoms with E-state index in [-0.39, 0.29) is 18.6 Å². The minimum atomic E-state index is -0.0776. The molecule has 3 nitrogen and oxygen atoms in total. The van der Waals surface area contributed by atoms with Crippen LogP contribution in [0, 0.1) is 0 Å². The van der Waals surface area contributed by atoms with E-state index < -0.39 is 0 Å². The van der Waals surface area contributed by atoms with E-state index in [4.69, 9.17) is 4.74 Å². The standard InChI is InChI=1S/C9H17NO2/c1-5-8(4)12-6-9(11)10-7(2)3/h5,7H,6H2,1-4H3,(H,10,11)/b8-5+. The number of hydrogen-bond donors (Lipinski definition) is 1. The van der Waals surface area contributed by atoms with Crippen LogP contribution < -0.4 is 5.32 Å². The van der Waals surface area contributed by atoms with Gasteiger partial charge in [0.2, 0.25) is 0 Å². The number of carbonyl (C=O) groups excluding carboxylic acids is 1. The van der Waals surface area contributed by atoms with Crippen LogP contribution in [0.25, 0.3) is 0 Å². The molecule has 70 valence electrons. The minimum Gasteiger partial charge on any atom is -0.489 e. The zero-order valence-corrected chi connectivity index (χ0v) is 8.18. The molecule has 3 heteroatoms. The molecule has 0 heterocycles. The summed E-state index contributed by atoms with van der Waals surface area (Å²) in [5.74, 6) is 0.695. The van der Waals surface area contributed by atoms with Crippen LogP contribution >= 0.6 is 0 Å². The smallest absolute Gasteiger partial charge is 0.258 e. The van der Waals surface area contributed by atoms with Crippen molar-refractivity contribution in [3.8, 4) is 0 Å². The summed E-state index contributed by atoms with van der Waals surface area (Å²) in [6, 6.07) is 0.173. The first-order valence-electron chi connectivity index (χ1n) is 4.11. The third-order valence-corrected chi connectivity index (χ3v) is 1.29. The van der Waals surface area contributed by atoms with Gasteiger partial charge in [0.05, 0.1) is 5.76 Å². The van der Waals surface area contributed by atoms with Crippen molar-refractivity contribution in [3.63, 3.8) is 0 Å². The highest BCUT2D eigenvalue weighted by Gasteiger charge is 2.02. The molecule has 1 amide bonds. The van der Waals surface area contributed by atoms with Crippen LogP contribution in [0.4, 0.5) is 0 Å². The predicted octanol–water partition coefficient (Wildman–Crippen LogP) is 1.45. The zero-order valence-electron chi connectivity index (χ0n) is 8.18. The molecule has 0 rings (SSSR count). The maximum Gasteiger partial charge on any atom is 0.258 e. The monoisotopic (exact) mass is 171 g/mol. The molecule has 0 saturated carbocycles. The lowest BCUT2D eigenvalue weighted by Crippen LogP contribution is -2.33. The Hall–Kier alpha value is -0.990. The molecule has 0 aromatic carbocycles. The predicted molar refractivity (Wildman–Crippen MR) is 48.7 cm³/mol. The van der Waals surface area contributed by atoms with Crippen molar-refractivity contribution in [1.29, 1.82) is 0 Å². The van der Waals surface area contributed by atoms with E-state index in [1.54, 1.807) is 0 Å². The largest absolute Gasteiger partial charge is 0.489 e. The number of ether oxygens (including phenoxy) is 1. The van der Waals surface area contributed by atoms with Crippen molar-refractivity contribution in [1.82, 2.24) is 5.32 Å². The van der Waals surface area contributed by atoms with Crippen LogP contribution in [-0.4, -0.2) is 18.6 Å². The van der Waals surface area contributed by atoms with E-state index in [9.17, 15) is 4.79 Å². The van der Waals surface area contributed by atoms with E-state index in [1.165, 1.54) is 0 Å². The number of nitrogens with one attached hydrogen (secondary N) is 1. The Kier molecular flexibility index (Phi) is 5.17. The Morgan fingerprint density at radius 3 is 2.58 bits per heavy atom. The highest BCUT2D eigenvalue weighted by Crippen LogP contribution is 1.93. The molecular formula is C9H17NO2. The molecule has 0 bridgehead atoms. The summed E-state index contributed by atoms with van der Waals surface area (Å²) in [7, 11) is 0. The summed E-state index contributed by atoms with van der Waals surface area (Å²) in [5, 5.41) is 2.73. The van der Waals surface area contributed by atoms with Gasteiger partial charge >= 0.3 is 0 Å². The Bertz CT molecular complexity index is 173.